The van der Waals surface area contributed by atoms with Gasteiger partial charge in [0.05, 0.1) is 13.2 Å². The Labute approximate surface area is 140 Å². The van der Waals surface area contributed by atoms with Crippen LogP contribution in [0.2, 0.25) is 10.0 Å². The quantitative estimate of drug-likeness (QED) is 0.893. The second-order valence-corrected chi connectivity index (χ2v) is 6.77. The van der Waals surface area contributed by atoms with Gasteiger partial charge in [0, 0.05) is 42.1 Å². The number of hydrogen-bond donors (Lipinski definition) is 1. The molecule has 2 fully saturated rings. The van der Waals surface area contributed by atoms with Crippen molar-refractivity contribution < 1.29 is 9.53 Å². The summed E-state index contributed by atoms with van der Waals surface area (Å²) in [6.45, 7) is 5.04. The smallest absolute Gasteiger partial charge is 0.223 e. The lowest BCUT2D eigenvalue weighted by molar-refractivity contribution is -0.122. The highest BCUT2D eigenvalue weighted by Crippen LogP contribution is 2.48. The minimum Gasteiger partial charge on any atom is -0.379 e. The van der Waals surface area contributed by atoms with Gasteiger partial charge in [0.25, 0.3) is 0 Å². The van der Waals surface area contributed by atoms with Gasteiger partial charge in [-0.2, -0.15) is 0 Å². The molecule has 1 amide bonds. The molecule has 22 heavy (non-hydrogen) atoms. The first-order valence-electron chi connectivity index (χ1n) is 7.67. The molecule has 1 heterocycles. The van der Waals surface area contributed by atoms with E-state index >= 15 is 0 Å². The van der Waals surface area contributed by atoms with E-state index in [9.17, 15) is 4.79 Å². The average Bonchev–Trinajstić information content (AvgIpc) is 3.28. The molecule has 2 aliphatic rings. The SMILES string of the molecule is O=C(NCCN1CCOCC1)[C@@H]1C[C@@H]1c1cc(Cl)cc(Cl)c1. The van der Waals surface area contributed by atoms with E-state index in [1.807, 2.05) is 12.1 Å². The van der Waals surface area contributed by atoms with Crippen molar-refractivity contribution in [2.75, 3.05) is 39.4 Å². The molecule has 120 valence electrons. The van der Waals surface area contributed by atoms with Crippen LogP contribution < -0.4 is 5.32 Å². The molecule has 1 aliphatic heterocycles. The van der Waals surface area contributed by atoms with Crippen LogP contribution in [0.3, 0.4) is 0 Å². The number of morpholine rings is 1. The van der Waals surface area contributed by atoms with Crippen LogP contribution in [0.4, 0.5) is 0 Å². The Morgan fingerprint density at radius 1 is 1.23 bits per heavy atom. The van der Waals surface area contributed by atoms with Gasteiger partial charge in [0.2, 0.25) is 5.91 Å². The molecule has 1 N–H and O–H groups in total. The van der Waals surface area contributed by atoms with Gasteiger partial charge in [-0.3, -0.25) is 9.69 Å². The number of nitrogens with one attached hydrogen (secondary N) is 1. The highest BCUT2D eigenvalue weighted by atomic mass is 35.5. The van der Waals surface area contributed by atoms with Crippen molar-refractivity contribution in [1.29, 1.82) is 0 Å². The van der Waals surface area contributed by atoms with E-state index in [0.717, 1.165) is 44.8 Å². The van der Waals surface area contributed by atoms with Gasteiger partial charge in [0.1, 0.15) is 0 Å². The zero-order valence-corrected chi connectivity index (χ0v) is 13.9. The predicted octanol–water partition coefficient (Wildman–Crippen LogP) is 2.55. The summed E-state index contributed by atoms with van der Waals surface area (Å²) in [5, 5.41) is 4.29. The van der Waals surface area contributed by atoms with E-state index in [2.05, 4.69) is 10.2 Å². The van der Waals surface area contributed by atoms with Crippen molar-refractivity contribution >= 4 is 29.1 Å². The largest absolute Gasteiger partial charge is 0.379 e. The number of benzene rings is 1. The van der Waals surface area contributed by atoms with Gasteiger partial charge in [0.15, 0.2) is 0 Å². The molecular weight excluding hydrogens is 323 g/mol. The Bertz CT molecular complexity index is 527. The third-order valence-electron chi connectivity index (χ3n) is 4.27. The van der Waals surface area contributed by atoms with Gasteiger partial charge >= 0.3 is 0 Å². The summed E-state index contributed by atoms with van der Waals surface area (Å²) < 4.78 is 5.31. The van der Waals surface area contributed by atoms with Crippen LogP contribution >= 0.6 is 23.2 Å². The molecule has 1 aliphatic carbocycles. The Kier molecular flexibility index (Phi) is 5.24. The maximum absolute atomic E-state index is 12.2. The topological polar surface area (TPSA) is 41.6 Å². The third-order valence-corrected chi connectivity index (χ3v) is 4.71. The lowest BCUT2D eigenvalue weighted by atomic mass is 10.1. The molecular formula is C16H20Cl2N2O2. The van der Waals surface area contributed by atoms with Crippen LogP contribution in [0.1, 0.15) is 17.9 Å². The Morgan fingerprint density at radius 3 is 2.59 bits per heavy atom. The zero-order valence-electron chi connectivity index (χ0n) is 12.4. The van der Waals surface area contributed by atoms with Crippen LogP contribution in [0.25, 0.3) is 0 Å². The van der Waals surface area contributed by atoms with Crippen molar-refractivity contribution in [2.24, 2.45) is 5.92 Å². The second-order valence-electron chi connectivity index (χ2n) is 5.90. The van der Waals surface area contributed by atoms with Gasteiger partial charge in [-0.15, -0.1) is 0 Å². The molecule has 2 atom stereocenters. The van der Waals surface area contributed by atoms with Crippen molar-refractivity contribution in [3.63, 3.8) is 0 Å². The first-order chi connectivity index (χ1) is 10.6. The number of ether oxygens (including phenoxy) is 1. The normalized spacial score (nSPS) is 25.0. The maximum atomic E-state index is 12.2. The first-order valence-corrected chi connectivity index (χ1v) is 8.43. The summed E-state index contributed by atoms with van der Waals surface area (Å²) in [7, 11) is 0. The van der Waals surface area contributed by atoms with Crippen molar-refractivity contribution in [3.05, 3.63) is 33.8 Å². The van der Waals surface area contributed by atoms with Gasteiger partial charge in [-0.25, -0.2) is 0 Å². The van der Waals surface area contributed by atoms with Crippen LogP contribution in [0.5, 0.6) is 0 Å². The number of hydrogen-bond acceptors (Lipinski definition) is 3. The summed E-state index contributed by atoms with van der Waals surface area (Å²) in [5.74, 6) is 0.438. The van der Waals surface area contributed by atoms with E-state index in [0.29, 0.717) is 16.6 Å². The molecule has 1 aromatic rings. The molecule has 1 saturated heterocycles. The molecule has 1 aromatic carbocycles. The lowest BCUT2D eigenvalue weighted by Crippen LogP contribution is -2.41. The monoisotopic (exact) mass is 342 g/mol. The molecule has 0 spiro atoms. The second kappa shape index (κ2) is 7.18. The Hall–Kier alpha value is -0.810. The molecule has 4 nitrogen and oxygen atoms in total. The summed E-state index contributed by atoms with van der Waals surface area (Å²) in [6, 6.07) is 5.52. The van der Waals surface area contributed by atoms with Crippen molar-refractivity contribution in [3.8, 4) is 0 Å². The lowest BCUT2D eigenvalue weighted by Gasteiger charge is -2.26. The van der Waals surface area contributed by atoms with Gasteiger partial charge < -0.3 is 10.1 Å². The maximum Gasteiger partial charge on any atom is 0.223 e. The summed E-state index contributed by atoms with van der Waals surface area (Å²) in [4.78, 5) is 14.5. The summed E-state index contributed by atoms with van der Waals surface area (Å²) in [5.41, 5.74) is 1.06. The molecule has 0 unspecified atom stereocenters. The number of amides is 1. The third kappa shape index (κ3) is 4.13. The molecule has 0 radical (unpaired) electrons. The highest BCUT2D eigenvalue weighted by molar-refractivity contribution is 6.34. The number of nitrogens with zero attached hydrogens (tertiary/aromatic N) is 1. The minimum absolute atomic E-state index is 0.0548. The van der Waals surface area contributed by atoms with E-state index < -0.39 is 0 Å². The Balaban J connectivity index is 1.44. The summed E-state index contributed by atoms with van der Waals surface area (Å²) >= 11 is 12.0. The molecule has 0 aromatic heterocycles. The predicted molar refractivity (Wildman–Crippen MR) is 87.6 cm³/mol. The van der Waals surface area contributed by atoms with Crippen LogP contribution in [0.15, 0.2) is 18.2 Å². The number of halogens is 2. The number of rotatable bonds is 5. The van der Waals surface area contributed by atoms with Crippen LogP contribution in [-0.4, -0.2) is 50.2 Å². The van der Waals surface area contributed by atoms with Crippen molar-refractivity contribution in [2.45, 2.75) is 12.3 Å². The molecule has 0 bridgehead atoms. The molecule has 3 rings (SSSR count). The average molecular weight is 343 g/mol. The number of carbonyl (C=O) groups is 1. The Morgan fingerprint density at radius 2 is 1.91 bits per heavy atom. The fourth-order valence-electron chi connectivity index (χ4n) is 2.94. The van der Waals surface area contributed by atoms with E-state index in [1.54, 1.807) is 6.07 Å². The fraction of sp³-hybridized carbons (Fsp3) is 0.562. The van der Waals surface area contributed by atoms with Crippen LogP contribution in [0, 0.1) is 5.92 Å². The van der Waals surface area contributed by atoms with E-state index in [4.69, 9.17) is 27.9 Å². The van der Waals surface area contributed by atoms with E-state index in [-0.39, 0.29) is 17.7 Å². The minimum atomic E-state index is 0.0548. The number of carbonyl (C=O) groups excluding carboxylic acids is 1. The molecule has 1 saturated carbocycles. The van der Waals surface area contributed by atoms with E-state index in [1.165, 1.54) is 0 Å². The summed E-state index contributed by atoms with van der Waals surface area (Å²) in [6.07, 6.45) is 0.875. The van der Waals surface area contributed by atoms with Gasteiger partial charge in [-0.05, 0) is 36.1 Å². The zero-order chi connectivity index (χ0) is 15.5. The highest BCUT2D eigenvalue weighted by Gasteiger charge is 2.43. The standard InChI is InChI=1S/C16H20Cl2N2O2/c17-12-7-11(8-13(18)9-12)14-10-15(14)16(21)19-1-2-20-3-5-22-6-4-20/h7-9,14-15H,1-6,10H2,(H,19,21)/t14-,15-/m1/s1. The van der Waals surface area contributed by atoms with Gasteiger partial charge in [-0.1, -0.05) is 23.2 Å². The fourth-order valence-corrected chi connectivity index (χ4v) is 3.48. The first kappa shape index (κ1) is 16.1. The van der Waals surface area contributed by atoms with Crippen LogP contribution in [-0.2, 0) is 9.53 Å². The van der Waals surface area contributed by atoms with Crippen molar-refractivity contribution in [1.82, 2.24) is 10.2 Å². The molecule has 6 heteroatoms.